The Kier molecular flexibility index (Phi) is 6.42. The molecule has 28 heavy (non-hydrogen) atoms. The van der Waals surface area contributed by atoms with Crippen molar-refractivity contribution >= 4 is 17.5 Å². The highest BCUT2D eigenvalue weighted by Gasteiger charge is 2.21. The van der Waals surface area contributed by atoms with Gasteiger partial charge in [-0.25, -0.2) is 5.01 Å². The smallest absolute Gasteiger partial charge is 0.243 e. The van der Waals surface area contributed by atoms with E-state index in [1.807, 2.05) is 55.5 Å². The summed E-state index contributed by atoms with van der Waals surface area (Å²) in [7, 11) is 1.63. The molecule has 0 radical (unpaired) electrons. The first-order chi connectivity index (χ1) is 13.6. The zero-order valence-corrected chi connectivity index (χ0v) is 16.3. The zero-order chi connectivity index (χ0) is 19.9. The number of methoxy groups -OCH3 is 1. The van der Waals surface area contributed by atoms with Crippen molar-refractivity contribution in [2.45, 2.75) is 32.7 Å². The number of ether oxygens (including phenoxy) is 1. The molecule has 0 saturated heterocycles. The monoisotopic (exact) mass is 379 g/mol. The number of nitrogens with one attached hydrogen (secondary N) is 1. The third-order valence-corrected chi connectivity index (χ3v) is 4.72. The highest BCUT2D eigenvalue weighted by Crippen LogP contribution is 2.19. The predicted octanol–water partition coefficient (Wildman–Crippen LogP) is 3.04. The molecule has 0 bridgehead atoms. The Morgan fingerprint density at radius 2 is 1.93 bits per heavy atom. The van der Waals surface area contributed by atoms with Crippen LogP contribution in [0, 0.1) is 6.92 Å². The van der Waals surface area contributed by atoms with Crippen LogP contribution in [0.3, 0.4) is 0 Å². The summed E-state index contributed by atoms with van der Waals surface area (Å²) in [5, 5.41) is 8.73. The van der Waals surface area contributed by atoms with Crippen LogP contribution in [0.4, 0.5) is 0 Å². The molecule has 0 fully saturated rings. The van der Waals surface area contributed by atoms with Gasteiger partial charge in [-0.1, -0.05) is 42.5 Å². The number of nitrogens with zero attached hydrogens (tertiary/aromatic N) is 2. The molecule has 0 atom stereocenters. The van der Waals surface area contributed by atoms with Crippen molar-refractivity contribution < 1.29 is 14.3 Å². The largest absolute Gasteiger partial charge is 0.496 e. The Balaban J connectivity index is 1.46. The number of aryl methyl sites for hydroxylation is 1. The first-order valence-electron chi connectivity index (χ1n) is 9.40. The fourth-order valence-electron chi connectivity index (χ4n) is 3.08. The van der Waals surface area contributed by atoms with Crippen LogP contribution >= 0.6 is 0 Å². The van der Waals surface area contributed by atoms with E-state index in [2.05, 4.69) is 10.4 Å². The number of hydrogen-bond acceptors (Lipinski definition) is 4. The number of benzene rings is 2. The summed E-state index contributed by atoms with van der Waals surface area (Å²) in [5.74, 6) is 0.514. The molecule has 6 nitrogen and oxygen atoms in total. The maximum Gasteiger partial charge on any atom is 0.243 e. The molecule has 3 rings (SSSR count). The summed E-state index contributed by atoms with van der Waals surface area (Å²) in [6, 6.07) is 15.7. The normalized spacial score (nSPS) is 13.2. The zero-order valence-electron chi connectivity index (χ0n) is 16.3. The van der Waals surface area contributed by atoms with Gasteiger partial charge in [0.15, 0.2) is 0 Å². The van der Waals surface area contributed by atoms with Crippen molar-refractivity contribution in [2.24, 2.45) is 5.10 Å². The molecule has 6 heteroatoms. The van der Waals surface area contributed by atoms with E-state index in [0.717, 1.165) is 34.6 Å². The van der Waals surface area contributed by atoms with Crippen molar-refractivity contribution in [2.75, 3.05) is 13.7 Å². The highest BCUT2D eigenvalue weighted by molar-refractivity contribution is 6.02. The molecule has 2 aromatic rings. The van der Waals surface area contributed by atoms with Crippen molar-refractivity contribution in [3.63, 3.8) is 0 Å². The molecule has 2 aromatic carbocycles. The van der Waals surface area contributed by atoms with E-state index in [-0.39, 0.29) is 24.7 Å². The standard InChI is InChI=1S/C22H25N3O3/c1-16-8-9-17(14-20(16)28-2)15-23-21(26)10-11-22(27)25-13-12-19(24-25)18-6-4-3-5-7-18/h3-9,14H,10-13,15H2,1-2H3,(H,23,26). The predicted molar refractivity (Wildman–Crippen MR) is 108 cm³/mol. The quantitative estimate of drug-likeness (QED) is 0.804. The van der Waals surface area contributed by atoms with E-state index in [9.17, 15) is 9.59 Å². The Hall–Kier alpha value is -3.15. The summed E-state index contributed by atoms with van der Waals surface area (Å²) in [5.41, 5.74) is 3.94. The number of amides is 2. The van der Waals surface area contributed by atoms with Crippen LogP contribution in [0.15, 0.2) is 53.6 Å². The molecular formula is C22H25N3O3. The SMILES string of the molecule is COc1cc(CNC(=O)CCC(=O)N2CCC(c3ccccc3)=N2)ccc1C. The van der Waals surface area contributed by atoms with E-state index in [4.69, 9.17) is 4.74 Å². The van der Waals surface area contributed by atoms with Crippen molar-refractivity contribution in [1.82, 2.24) is 10.3 Å². The molecule has 1 N–H and O–H groups in total. The van der Waals surface area contributed by atoms with Gasteiger partial charge in [-0.3, -0.25) is 9.59 Å². The van der Waals surface area contributed by atoms with Gasteiger partial charge in [0.25, 0.3) is 0 Å². The van der Waals surface area contributed by atoms with Gasteiger partial charge in [-0.15, -0.1) is 0 Å². The molecule has 0 aromatic heterocycles. The first-order valence-corrected chi connectivity index (χ1v) is 9.40. The summed E-state index contributed by atoms with van der Waals surface area (Å²) >= 11 is 0. The Morgan fingerprint density at radius 3 is 2.68 bits per heavy atom. The molecule has 146 valence electrons. The van der Waals surface area contributed by atoms with E-state index in [1.54, 1.807) is 7.11 Å². The summed E-state index contributed by atoms with van der Waals surface area (Å²) in [6.07, 6.45) is 1.03. The number of carbonyl (C=O) groups excluding carboxylic acids is 2. The van der Waals surface area contributed by atoms with Gasteiger partial charge < -0.3 is 10.1 Å². The van der Waals surface area contributed by atoms with E-state index < -0.39 is 0 Å². The van der Waals surface area contributed by atoms with Crippen LogP contribution in [0.2, 0.25) is 0 Å². The molecule has 0 saturated carbocycles. The van der Waals surface area contributed by atoms with E-state index in [1.165, 1.54) is 5.01 Å². The first kappa shape index (κ1) is 19.6. The van der Waals surface area contributed by atoms with Crippen LogP contribution in [-0.2, 0) is 16.1 Å². The lowest BCUT2D eigenvalue weighted by Crippen LogP contribution is -2.27. The fraction of sp³-hybridized carbons (Fsp3) is 0.318. The third kappa shape index (κ3) is 4.97. The summed E-state index contributed by atoms with van der Waals surface area (Å²) in [4.78, 5) is 24.4. The number of hydrazone groups is 1. The van der Waals surface area contributed by atoms with Crippen LogP contribution < -0.4 is 10.1 Å². The number of carbonyl (C=O) groups is 2. The molecular weight excluding hydrogens is 354 g/mol. The van der Waals surface area contributed by atoms with Gasteiger partial charge in [0.2, 0.25) is 11.8 Å². The van der Waals surface area contributed by atoms with E-state index >= 15 is 0 Å². The number of rotatable bonds is 7. The Labute approximate surface area is 165 Å². The molecule has 2 amide bonds. The molecule has 0 spiro atoms. The van der Waals surface area contributed by atoms with Gasteiger partial charge in [0, 0.05) is 25.8 Å². The van der Waals surface area contributed by atoms with Gasteiger partial charge >= 0.3 is 0 Å². The lowest BCUT2D eigenvalue weighted by molar-refractivity contribution is -0.133. The second kappa shape index (κ2) is 9.17. The summed E-state index contributed by atoms with van der Waals surface area (Å²) < 4.78 is 5.29. The average Bonchev–Trinajstić information content (AvgIpc) is 3.22. The van der Waals surface area contributed by atoms with Gasteiger partial charge in [-0.2, -0.15) is 5.10 Å². The molecule has 0 unspecified atom stereocenters. The number of hydrogen-bond donors (Lipinski definition) is 1. The lowest BCUT2D eigenvalue weighted by atomic mass is 10.1. The molecule has 1 aliphatic rings. The van der Waals surface area contributed by atoms with Crippen LogP contribution in [0.25, 0.3) is 0 Å². The topological polar surface area (TPSA) is 71.0 Å². The minimum Gasteiger partial charge on any atom is -0.496 e. The second-order valence-corrected chi connectivity index (χ2v) is 6.76. The lowest BCUT2D eigenvalue weighted by Gasteiger charge is -2.12. The maximum absolute atomic E-state index is 12.3. The Bertz CT molecular complexity index is 878. The molecule has 0 aliphatic carbocycles. The molecule has 1 heterocycles. The average molecular weight is 379 g/mol. The van der Waals surface area contributed by atoms with Crippen LogP contribution in [-0.4, -0.2) is 36.2 Å². The Morgan fingerprint density at radius 1 is 1.14 bits per heavy atom. The van der Waals surface area contributed by atoms with Crippen molar-refractivity contribution in [3.8, 4) is 5.75 Å². The van der Waals surface area contributed by atoms with Crippen LogP contribution in [0.5, 0.6) is 5.75 Å². The van der Waals surface area contributed by atoms with E-state index in [0.29, 0.717) is 13.1 Å². The fourth-order valence-corrected chi connectivity index (χ4v) is 3.08. The third-order valence-electron chi connectivity index (χ3n) is 4.72. The minimum atomic E-state index is -0.153. The molecule has 1 aliphatic heterocycles. The van der Waals surface area contributed by atoms with Crippen molar-refractivity contribution in [1.29, 1.82) is 0 Å². The van der Waals surface area contributed by atoms with Crippen molar-refractivity contribution in [3.05, 3.63) is 65.2 Å². The summed E-state index contributed by atoms with van der Waals surface area (Å²) in [6.45, 7) is 2.94. The maximum atomic E-state index is 12.3. The van der Waals surface area contributed by atoms with Gasteiger partial charge in [0.05, 0.1) is 19.4 Å². The van der Waals surface area contributed by atoms with Gasteiger partial charge in [-0.05, 0) is 29.7 Å². The van der Waals surface area contributed by atoms with Crippen LogP contribution in [0.1, 0.15) is 36.0 Å². The highest BCUT2D eigenvalue weighted by atomic mass is 16.5. The van der Waals surface area contributed by atoms with Gasteiger partial charge in [0.1, 0.15) is 5.75 Å². The second-order valence-electron chi connectivity index (χ2n) is 6.76. The minimum absolute atomic E-state index is 0.127.